The van der Waals surface area contributed by atoms with Crippen LogP contribution in [0.3, 0.4) is 0 Å². The normalized spacial score (nSPS) is 28.9. The molecule has 4 aliphatic rings. The van der Waals surface area contributed by atoms with Crippen molar-refractivity contribution >= 4 is 27.5 Å². The lowest BCUT2D eigenvalue weighted by Gasteiger charge is -2.37. The van der Waals surface area contributed by atoms with E-state index in [1.807, 2.05) is 12.1 Å². The number of allylic oxidation sites excluding steroid dienone is 3. The molecule has 8 nitrogen and oxygen atoms in total. The van der Waals surface area contributed by atoms with E-state index in [-0.39, 0.29) is 35.4 Å². The van der Waals surface area contributed by atoms with Crippen LogP contribution in [0.2, 0.25) is 5.02 Å². The number of ether oxygens (including phenoxy) is 1. The Bertz CT molecular complexity index is 1220. The van der Waals surface area contributed by atoms with E-state index in [2.05, 4.69) is 10.6 Å². The number of carbonyl (C=O) groups is 1. The first kappa shape index (κ1) is 28.7. The van der Waals surface area contributed by atoms with Crippen LogP contribution < -0.4 is 16.4 Å². The second-order valence-electron chi connectivity index (χ2n) is 11.1. The van der Waals surface area contributed by atoms with E-state index >= 15 is 0 Å². The van der Waals surface area contributed by atoms with Gasteiger partial charge in [-0.2, -0.15) is 4.31 Å². The zero-order chi connectivity index (χ0) is 27.6. The number of nitrogens with zero attached hydrogens (tertiary/aromatic N) is 1. The maximum atomic E-state index is 14.9. The summed E-state index contributed by atoms with van der Waals surface area (Å²) in [5.41, 5.74) is 8.45. The number of rotatable bonds is 8. The van der Waals surface area contributed by atoms with Crippen LogP contribution in [0, 0.1) is 5.92 Å². The molecule has 214 valence electrons. The molecule has 11 heteroatoms. The Morgan fingerprint density at radius 3 is 2.72 bits per heavy atom. The summed E-state index contributed by atoms with van der Waals surface area (Å²) in [6.07, 6.45) is 5.96. The summed E-state index contributed by atoms with van der Waals surface area (Å²) >= 11 is 6.10. The second-order valence-corrected chi connectivity index (χ2v) is 13.6. The van der Waals surface area contributed by atoms with Crippen molar-refractivity contribution in [1.82, 2.24) is 14.9 Å². The Hall–Kier alpha value is -1.82. The van der Waals surface area contributed by atoms with E-state index in [1.54, 1.807) is 16.4 Å². The minimum absolute atomic E-state index is 0.149. The third kappa shape index (κ3) is 6.57. The topological polar surface area (TPSA) is 114 Å². The Balaban J connectivity index is 1.30. The van der Waals surface area contributed by atoms with Gasteiger partial charge in [-0.25, -0.2) is 12.8 Å². The highest BCUT2D eigenvalue weighted by Crippen LogP contribution is 2.36. The molecule has 1 aromatic rings. The van der Waals surface area contributed by atoms with Crippen molar-refractivity contribution in [3.05, 3.63) is 58.0 Å². The van der Waals surface area contributed by atoms with Gasteiger partial charge in [-0.3, -0.25) is 4.79 Å². The van der Waals surface area contributed by atoms with Gasteiger partial charge < -0.3 is 21.1 Å². The van der Waals surface area contributed by atoms with Gasteiger partial charge in [0.05, 0.1) is 17.5 Å². The quantitative estimate of drug-likeness (QED) is 0.435. The van der Waals surface area contributed by atoms with Gasteiger partial charge in [-0.05, 0) is 80.2 Å². The van der Waals surface area contributed by atoms with E-state index < -0.39 is 27.8 Å². The fourth-order valence-electron chi connectivity index (χ4n) is 6.45. The number of sulfonamides is 1. The molecule has 2 unspecified atom stereocenters. The van der Waals surface area contributed by atoms with Crippen molar-refractivity contribution in [2.75, 3.05) is 32.1 Å². The molecule has 39 heavy (non-hydrogen) atoms. The molecule has 5 rings (SSSR count). The zero-order valence-electron chi connectivity index (χ0n) is 22.1. The highest BCUT2D eigenvalue weighted by atomic mass is 35.5. The molecule has 3 saturated heterocycles. The number of benzene rings is 1. The smallest absolute Gasteiger partial charge is 0.242 e. The third-order valence-corrected chi connectivity index (χ3v) is 10.8. The molecular formula is C28H38ClFN4O4S. The predicted molar refractivity (Wildman–Crippen MR) is 149 cm³/mol. The van der Waals surface area contributed by atoms with Crippen LogP contribution in [0.4, 0.5) is 4.39 Å². The molecule has 3 aliphatic heterocycles. The molecule has 0 saturated carbocycles. The highest BCUT2D eigenvalue weighted by molar-refractivity contribution is 7.89. The number of amides is 1. The molecule has 5 atom stereocenters. The molecule has 3 fully saturated rings. The summed E-state index contributed by atoms with van der Waals surface area (Å²) in [5, 5.41) is 6.88. The summed E-state index contributed by atoms with van der Waals surface area (Å²) in [4.78, 5) is 13.5. The first-order valence-corrected chi connectivity index (χ1v) is 15.9. The molecule has 1 amide bonds. The van der Waals surface area contributed by atoms with Crippen molar-refractivity contribution in [1.29, 1.82) is 0 Å². The van der Waals surface area contributed by atoms with Gasteiger partial charge >= 0.3 is 0 Å². The van der Waals surface area contributed by atoms with Crippen LogP contribution in [0.15, 0.2) is 47.4 Å². The molecule has 1 aromatic carbocycles. The third-order valence-electron chi connectivity index (χ3n) is 8.63. The van der Waals surface area contributed by atoms with Crippen molar-refractivity contribution in [2.24, 2.45) is 11.7 Å². The summed E-state index contributed by atoms with van der Waals surface area (Å²) in [5.74, 6) is -0.850. The maximum absolute atomic E-state index is 14.9. The summed E-state index contributed by atoms with van der Waals surface area (Å²) < 4.78 is 47.7. The number of nitrogens with two attached hydrogens (primary N) is 1. The number of halogens is 2. The van der Waals surface area contributed by atoms with Crippen molar-refractivity contribution in [3.63, 3.8) is 0 Å². The Kier molecular flexibility index (Phi) is 9.10. The van der Waals surface area contributed by atoms with Gasteiger partial charge in [-0.1, -0.05) is 23.7 Å². The standard InChI is InChI=1S/C28H38ClFN4O4S/c29-21-7-3-18(4-8-21)25(19-11-13-38-14-12-19)26(31)28(35)33-27-20(6-10-24(27)30)5-9-23-16-32-22-2-1-15-39(36,37)34(23)17-22/h3-4,7-8,10,19,22-23,25-26,32H,1-2,5-6,9,11-17,31H2,(H,33,35)/t22-,23+,25?,26+/m1/s1. The van der Waals surface area contributed by atoms with E-state index in [0.717, 1.165) is 30.4 Å². The molecule has 3 heterocycles. The van der Waals surface area contributed by atoms with E-state index in [0.29, 0.717) is 57.0 Å². The first-order chi connectivity index (χ1) is 18.7. The second kappa shape index (κ2) is 12.4. The Morgan fingerprint density at radius 1 is 1.23 bits per heavy atom. The summed E-state index contributed by atoms with van der Waals surface area (Å²) in [6, 6.07) is 6.48. The van der Waals surface area contributed by atoms with Crippen LogP contribution >= 0.6 is 11.6 Å². The van der Waals surface area contributed by atoms with Crippen LogP contribution in [0.1, 0.15) is 56.4 Å². The van der Waals surface area contributed by atoms with E-state index in [9.17, 15) is 17.6 Å². The number of nitrogens with one attached hydrogen (secondary N) is 2. The van der Waals surface area contributed by atoms with E-state index in [1.165, 1.54) is 6.08 Å². The van der Waals surface area contributed by atoms with Gasteiger partial charge in [0.1, 0.15) is 5.83 Å². The van der Waals surface area contributed by atoms with Crippen LogP contribution in [0.25, 0.3) is 0 Å². The summed E-state index contributed by atoms with van der Waals surface area (Å²) in [6.45, 7) is 2.28. The van der Waals surface area contributed by atoms with Gasteiger partial charge in [0.15, 0.2) is 0 Å². The van der Waals surface area contributed by atoms with Crippen LogP contribution in [0.5, 0.6) is 0 Å². The van der Waals surface area contributed by atoms with Crippen LogP contribution in [-0.2, 0) is 19.6 Å². The van der Waals surface area contributed by atoms with Gasteiger partial charge in [0, 0.05) is 49.3 Å². The molecule has 1 aliphatic carbocycles. The molecule has 0 radical (unpaired) electrons. The van der Waals surface area contributed by atoms with E-state index in [4.69, 9.17) is 22.1 Å². The highest BCUT2D eigenvalue weighted by Gasteiger charge is 2.39. The fraction of sp³-hybridized carbons (Fsp3) is 0.607. The molecule has 4 N–H and O–H groups in total. The van der Waals surface area contributed by atoms with Crippen molar-refractivity contribution < 1.29 is 22.3 Å². The van der Waals surface area contributed by atoms with Gasteiger partial charge in [0.25, 0.3) is 0 Å². The molecule has 0 spiro atoms. The maximum Gasteiger partial charge on any atom is 0.242 e. The lowest BCUT2D eigenvalue weighted by Crippen LogP contribution is -2.57. The van der Waals surface area contributed by atoms with Crippen molar-refractivity contribution in [3.8, 4) is 0 Å². The minimum atomic E-state index is -3.30. The number of fused-ring (bicyclic) bond motifs is 2. The molecule has 0 aromatic heterocycles. The number of hydrogen-bond donors (Lipinski definition) is 3. The lowest BCUT2D eigenvalue weighted by molar-refractivity contribution is -0.122. The Labute approximate surface area is 235 Å². The minimum Gasteiger partial charge on any atom is -0.381 e. The fourth-order valence-corrected chi connectivity index (χ4v) is 8.38. The zero-order valence-corrected chi connectivity index (χ0v) is 23.7. The van der Waals surface area contributed by atoms with Crippen LogP contribution in [-0.4, -0.2) is 68.8 Å². The first-order valence-electron chi connectivity index (χ1n) is 13.9. The average Bonchev–Trinajstić information content (AvgIpc) is 3.22. The molecular weight excluding hydrogens is 543 g/mol. The largest absolute Gasteiger partial charge is 0.381 e. The molecule has 2 bridgehead atoms. The lowest BCUT2D eigenvalue weighted by atomic mass is 9.76. The number of carbonyl (C=O) groups excluding carboxylic acids is 1. The SMILES string of the molecule is N[C@H](C(=O)NC1=C(CC[C@H]2CN[C@@H]3CCCS(=O)(=O)N2C3)CC=C1F)C(c1ccc(Cl)cc1)C1CCOCC1. The number of piperazine rings is 1. The summed E-state index contributed by atoms with van der Waals surface area (Å²) in [7, 11) is -3.30. The monoisotopic (exact) mass is 580 g/mol. The van der Waals surface area contributed by atoms with Crippen molar-refractivity contribution in [2.45, 2.75) is 69.0 Å². The van der Waals surface area contributed by atoms with Gasteiger partial charge in [-0.15, -0.1) is 0 Å². The average molecular weight is 581 g/mol. The number of hydrogen-bond acceptors (Lipinski definition) is 6. The Morgan fingerprint density at radius 2 is 1.97 bits per heavy atom. The predicted octanol–water partition coefficient (Wildman–Crippen LogP) is 3.35. The van der Waals surface area contributed by atoms with Gasteiger partial charge in [0.2, 0.25) is 15.9 Å².